The van der Waals surface area contributed by atoms with E-state index in [1.54, 1.807) is 11.2 Å². The van der Waals surface area contributed by atoms with Gasteiger partial charge < -0.3 is 25.4 Å². The maximum absolute atomic E-state index is 12.4. The summed E-state index contributed by atoms with van der Waals surface area (Å²) in [5, 5.41) is 16.7. The lowest BCUT2D eigenvalue weighted by Crippen LogP contribution is -2.57. The van der Waals surface area contributed by atoms with Crippen LogP contribution in [0.4, 0.5) is 4.79 Å². The maximum atomic E-state index is 12.4. The number of benzene rings is 1. The number of carbonyl (C=O) groups excluding carboxylic acids is 1. The molecule has 3 atom stereocenters. The molecular weight excluding hydrogens is 382 g/mol. The van der Waals surface area contributed by atoms with E-state index in [0.29, 0.717) is 26.2 Å². The summed E-state index contributed by atoms with van der Waals surface area (Å²) < 4.78 is 5.52. The molecule has 0 spiro atoms. The van der Waals surface area contributed by atoms with E-state index in [1.165, 1.54) is 0 Å². The first-order valence-electron chi connectivity index (χ1n) is 10.4. The van der Waals surface area contributed by atoms with Crippen LogP contribution in [0, 0.1) is 0 Å². The van der Waals surface area contributed by atoms with E-state index in [2.05, 4.69) is 20.5 Å². The van der Waals surface area contributed by atoms with E-state index in [9.17, 15) is 9.90 Å². The minimum atomic E-state index is -0.594. The highest BCUT2D eigenvalue weighted by molar-refractivity contribution is 5.68. The van der Waals surface area contributed by atoms with Gasteiger partial charge in [-0.05, 0) is 39.3 Å². The Morgan fingerprint density at radius 3 is 2.73 bits per heavy atom. The highest BCUT2D eigenvalue weighted by atomic mass is 16.6. The predicted molar refractivity (Wildman–Crippen MR) is 117 cm³/mol. The molecule has 0 bridgehead atoms. The minimum Gasteiger partial charge on any atom is -0.444 e. The monoisotopic (exact) mass is 415 g/mol. The Kier molecular flexibility index (Phi) is 6.99. The lowest BCUT2D eigenvalue weighted by atomic mass is 10.1. The number of nitrogens with zero attached hydrogens (tertiary/aromatic N) is 3. The smallest absolute Gasteiger partial charge is 0.410 e. The fourth-order valence-electron chi connectivity index (χ4n) is 3.55. The van der Waals surface area contributed by atoms with E-state index in [1.807, 2.05) is 64.1 Å². The standard InChI is InChI=1S/C22H33N5O3/c1-16-14-26(10-11-27(16)21(29)30-22(2,3)4)20-12-19(24-15-25-20)23-13-18(28)17-8-6-5-7-9-17/h5-9,12,15-16,18,20,23,28H,10-11,13-14H2,1-4H3,(H,24,25)/t16?,18-,20?/m0/s1. The number of ether oxygens (including phenoxy) is 1. The summed E-state index contributed by atoms with van der Waals surface area (Å²) in [4.78, 5) is 21.0. The molecule has 0 saturated carbocycles. The molecule has 1 amide bonds. The largest absolute Gasteiger partial charge is 0.444 e. The first kappa shape index (κ1) is 22.1. The molecule has 2 aliphatic rings. The van der Waals surface area contributed by atoms with Crippen LogP contribution in [0.1, 0.15) is 39.4 Å². The Labute approximate surface area is 178 Å². The van der Waals surface area contributed by atoms with Crippen LogP contribution in [0.2, 0.25) is 0 Å². The molecule has 3 rings (SSSR count). The second-order valence-corrected chi connectivity index (χ2v) is 8.74. The van der Waals surface area contributed by atoms with Crippen molar-refractivity contribution in [2.75, 3.05) is 26.2 Å². The van der Waals surface area contributed by atoms with Crippen molar-refractivity contribution in [3.63, 3.8) is 0 Å². The van der Waals surface area contributed by atoms with Crippen molar-refractivity contribution >= 4 is 12.4 Å². The summed E-state index contributed by atoms with van der Waals surface area (Å²) >= 11 is 0. The third-order valence-corrected chi connectivity index (χ3v) is 5.09. The molecule has 2 aliphatic heterocycles. The van der Waals surface area contributed by atoms with Gasteiger partial charge in [-0.2, -0.15) is 0 Å². The summed E-state index contributed by atoms with van der Waals surface area (Å²) in [5.41, 5.74) is 0.375. The maximum Gasteiger partial charge on any atom is 0.410 e. The summed E-state index contributed by atoms with van der Waals surface area (Å²) in [5.74, 6) is 0.812. The van der Waals surface area contributed by atoms with Crippen molar-refractivity contribution in [1.82, 2.24) is 20.4 Å². The Morgan fingerprint density at radius 1 is 1.33 bits per heavy atom. The first-order valence-corrected chi connectivity index (χ1v) is 10.4. The van der Waals surface area contributed by atoms with E-state index >= 15 is 0 Å². The molecule has 8 nitrogen and oxygen atoms in total. The van der Waals surface area contributed by atoms with E-state index in [-0.39, 0.29) is 18.3 Å². The molecule has 2 heterocycles. The van der Waals surface area contributed by atoms with Gasteiger partial charge in [-0.15, -0.1) is 0 Å². The molecule has 0 aromatic heterocycles. The molecule has 3 N–H and O–H groups in total. The van der Waals surface area contributed by atoms with Gasteiger partial charge in [-0.25, -0.2) is 4.79 Å². The molecule has 1 aromatic rings. The number of rotatable bonds is 5. The van der Waals surface area contributed by atoms with Gasteiger partial charge >= 0.3 is 6.09 Å². The van der Waals surface area contributed by atoms with E-state index < -0.39 is 11.7 Å². The molecule has 0 radical (unpaired) electrons. The van der Waals surface area contributed by atoms with Crippen LogP contribution in [0.25, 0.3) is 0 Å². The number of aliphatic imine (C=N–C) groups is 1. The van der Waals surface area contributed by atoms with Crippen molar-refractivity contribution in [3.05, 3.63) is 47.8 Å². The van der Waals surface area contributed by atoms with Crippen molar-refractivity contribution in [3.8, 4) is 0 Å². The molecule has 1 aromatic carbocycles. The number of piperazine rings is 1. The van der Waals surface area contributed by atoms with Gasteiger partial charge in [0.05, 0.1) is 12.4 Å². The number of aliphatic hydroxyl groups excluding tert-OH is 1. The number of hydrogen-bond acceptors (Lipinski definition) is 7. The third-order valence-electron chi connectivity index (χ3n) is 5.09. The highest BCUT2D eigenvalue weighted by Gasteiger charge is 2.33. The quantitative estimate of drug-likeness (QED) is 0.682. The average Bonchev–Trinajstić information content (AvgIpc) is 2.71. The molecule has 1 fully saturated rings. The normalized spacial score (nSPS) is 23.4. The van der Waals surface area contributed by atoms with Crippen LogP contribution in [-0.4, -0.2) is 71.3 Å². The SMILES string of the molecule is CC1CN(C2C=C(NC[C@H](O)c3ccccc3)NC=N2)CCN1C(=O)OC(C)(C)C. The number of amides is 1. The lowest BCUT2D eigenvalue weighted by molar-refractivity contribution is -0.00147. The van der Waals surface area contributed by atoms with Gasteiger partial charge in [0.1, 0.15) is 17.6 Å². The Balaban J connectivity index is 1.54. The van der Waals surface area contributed by atoms with Crippen molar-refractivity contribution in [2.45, 2.75) is 51.6 Å². The summed E-state index contributed by atoms with van der Waals surface area (Å²) in [7, 11) is 0. The van der Waals surface area contributed by atoms with Crippen LogP contribution >= 0.6 is 0 Å². The summed E-state index contributed by atoms with van der Waals surface area (Å²) in [6, 6.07) is 9.60. The van der Waals surface area contributed by atoms with Crippen LogP contribution in [0.5, 0.6) is 0 Å². The van der Waals surface area contributed by atoms with Crippen LogP contribution < -0.4 is 10.6 Å². The minimum absolute atomic E-state index is 0.0309. The van der Waals surface area contributed by atoms with Gasteiger partial charge in [0.25, 0.3) is 0 Å². The van der Waals surface area contributed by atoms with Gasteiger partial charge in [-0.3, -0.25) is 9.89 Å². The van der Waals surface area contributed by atoms with Crippen LogP contribution in [0.15, 0.2) is 47.2 Å². The fourth-order valence-corrected chi connectivity index (χ4v) is 3.55. The number of aliphatic hydroxyl groups is 1. The van der Waals surface area contributed by atoms with Crippen LogP contribution in [0.3, 0.4) is 0 Å². The van der Waals surface area contributed by atoms with Crippen molar-refractivity contribution < 1.29 is 14.6 Å². The zero-order valence-electron chi connectivity index (χ0n) is 18.2. The topological polar surface area (TPSA) is 89.4 Å². The molecule has 30 heavy (non-hydrogen) atoms. The molecular formula is C22H33N5O3. The molecule has 0 aliphatic carbocycles. The van der Waals surface area contributed by atoms with E-state index in [0.717, 1.165) is 11.4 Å². The Bertz CT molecular complexity index is 775. The fraction of sp³-hybridized carbons (Fsp3) is 0.545. The van der Waals surface area contributed by atoms with E-state index in [4.69, 9.17) is 4.74 Å². The highest BCUT2D eigenvalue weighted by Crippen LogP contribution is 2.19. The van der Waals surface area contributed by atoms with Crippen molar-refractivity contribution in [1.29, 1.82) is 0 Å². The number of nitrogens with one attached hydrogen (secondary N) is 2. The second kappa shape index (κ2) is 9.49. The summed E-state index contributed by atoms with van der Waals surface area (Å²) in [6.07, 6.45) is 2.70. The Morgan fingerprint density at radius 2 is 2.07 bits per heavy atom. The third kappa shape index (κ3) is 5.96. The zero-order valence-corrected chi connectivity index (χ0v) is 18.2. The molecule has 8 heteroatoms. The number of hydrogen-bond donors (Lipinski definition) is 3. The first-order chi connectivity index (χ1) is 14.2. The molecule has 2 unspecified atom stereocenters. The lowest BCUT2D eigenvalue weighted by Gasteiger charge is -2.42. The second-order valence-electron chi connectivity index (χ2n) is 8.74. The van der Waals surface area contributed by atoms with Gasteiger partial charge in [0, 0.05) is 32.2 Å². The Hall–Kier alpha value is -2.58. The average molecular weight is 416 g/mol. The predicted octanol–water partition coefficient (Wildman–Crippen LogP) is 2.05. The zero-order chi connectivity index (χ0) is 21.7. The number of carbonyl (C=O) groups is 1. The molecule has 164 valence electrons. The van der Waals surface area contributed by atoms with Crippen molar-refractivity contribution in [2.24, 2.45) is 4.99 Å². The van der Waals surface area contributed by atoms with Gasteiger partial charge in [-0.1, -0.05) is 30.3 Å². The molecule has 1 saturated heterocycles. The van der Waals surface area contributed by atoms with Gasteiger partial charge in [0.2, 0.25) is 0 Å². The van der Waals surface area contributed by atoms with Crippen LogP contribution in [-0.2, 0) is 4.74 Å². The summed E-state index contributed by atoms with van der Waals surface area (Å²) in [6.45, 7) is 10.1. The van der Waals surface area contributed by atoms with Gasteiger partial charge in [0.15, 0.2) is 0 Å².